The van der Waals surface area contributed by atoms with E-state index in [9.17, 15) is 9.59 Å². The Balaban J connectivity index is 1.22. The van der Waals surface area contributed by atoms with Gasteiger partial charge in [0.1, 0.15) is 13.2 Å². The Bertz CT molecular complexity index is 1190. The molecule has 1 atom stereocenters. The molecule has 3 aromatic rings. The monoisotopic (exact) mass is 478 g/mol. The Hall–Kier alpha value is -3.46. The van der Waals surface area contributed by atoms with Gasteiger partial charge in [0.05, 0.1) is 11.8 Å². The number of rotatable bonds is 6. The fourth-order valence-electron chi connectivity index (χ4n) is 4.30. The average Bonchev–Trinajstić information content (AvgIpc) is 3.51. The number of hydrogen-bond donors (Lipinski definition) is 1. The van der Waals surface area contributed by atoms with E-state index in [1.54, 1.807) is 30.5 Å². The zero-order valence-electron chi connectivity index (χ0n) is 18.9. The van der Waals surface area contributed by atoms with E-state index in [4.69, 9.17) is 9.47 Å². The number of imidazole rings is 1. The maximum absolute atomic E-state index is 13.3. The average molecular weight is 479 g/mol. The number of carbonyl (C=O) groups excluding carboxylic acids is 2. The number of nitrogens with zero attached hydrogens (tertiary/aromatic N) is 3. The van der Waals surface area contributed by atoms with E-state index in [1.807, 2.05) is 40.9 Å². The molecule has 9 heteroatoms. The first-order chi connectivity index (χ1) is 16.6. The van der Waals surface area contributed by atoms with Gasteiger partial charge in [-0.15, -0.1) is 0 Å². The minimum absolute atomic E-state index is 0.00542. The van der Waals surface area contributed by atoms with Crippen LogP contribution in [0.1, 0.15) is 34.8 Å². The highest BCUT2D eigenvalue weighted by molar-refractivity contribution is 7.99. The molecule has 1 saturated heterocycles. The van der Waals surface area contributed by atoms with Crippen molar-refractivity contribution in [2.45, 2.75) is 24.0 Å². The van der Waals surface area contributed by atoms with Crippen molar-refractivity contribution in [1.29, 1.82) is 0 Å². The molecule has 1 fully saturated rings. The van der Waals surface area contributed by atoms with Crippen molar-refractivity contribution in [2.75, 3.05) is 30.8 Å². The van der Waals surface area contributed by atoms with Gasteiger partial charge in [-0.2, -0.15) is 0 Å². The molecule has 2 aliphatic heterocycles. The van der Waals surface area contributed by atoms with Gasteiger partial charge in [-0.25, -0.2) is 4.98 Å². The van der Waals surface area contributed by atoms with Crippen LogP contribution < -0.4 is 14.8 Å². The first-order valence-electron chi connectivity index (χ1n) is 11.3. The summed E-state index contributed by atoms with van der Waals surface area (Å²) >= 11 is 1.37. The van der Waals surface area contributed by atoms with E-state index in [1.165, 1.54) is 11.8 Å². The summed E-state index contributed by atoms with van der Waals surface area (Å²) in [7, 11) is 1.89. The zero-order valence-corrected chi connectivity index (χ0v) is 19.7. The maximum Gasteiger partial charge on any atom is 0.254 e. The summed E-state index contributed by atoms with van der Waals surface area (Å²) in [6.45, 7) is 1.80. The summed E-state index contributed by atoms with van der Waals surface area (Å²) in [5, 5.41) is 3.66. The Morgan fingerprint density at radius 2 is 1.91 bits per heavy atom. The number of aryl methyl sites for hydroxylation is 1. The third kappa shape index (κ3) is 4.75. The van der Waals surface area contributed by atoms with Gasteiger partial charge in [0.15, 0.2) is 16.7 Å². The van der Waals surface area contributed by atoms with Crippen molar-refractivity contribution >= 4 is 29.3 Å². The predicted octanol–water partition coefficient (Wildman–Crippen LogP) is 3.90. The van der Waals surface area contributed by atoms with Crippen LogP contribution >= 0.6 is 11.8 Å². The van der Waals surface area contributed by atoms with Crippen LogP contribution in [0.25, 0.3) is 0 Å². The number of aromatic nitrogens is 2. The van der Waals surface area contributed by atoms with E-state index >= 15 is 0 Å². The fourth-order valence-corrected chi connectivity index (χ4v) is 5.04. The van der Waals surface area contributed by atoms with Gasteiger partial charge in [-0.05, 0) is 54.8 Å². The summed E-state index contributed by atoms with van der Waals surface area (Å²) < 4.78 is 13.2. The van der Waals surface area contributed by atoms with Crippen LogP contribution in [0.3, 0.4) is 0 Å². The number of anilines is 1. The van der Waals surface area contributed by atoms with Gasteiger partial charge >= 0.3 is 0 Å². The van der Waals surface area contributed by atoms with Gasteiger partial charge in [0.25, 0.3) is 5.91 Å². The largest absolute Gasteiger partial charge is 0.486 e. The van der Waals surface area contributed by atoms with Crippen LogP contribution in [0.4, 0.5) is 5.69 Å². The van der Waals surface area contributed by atoms with Crippen molar-refractivity contribution in [3.63, 3.8) is 0 Å². The van der Waals surface area contributed by atoms with Crippen LogP contribution in [0.15, 0.2) is 60.0 Å². The molecule has 34 heavy (non-hydrogen) atoms. The standard InChI is InChI=1S/C25H26N4O4S/c1-28-12-10-26-25(28)34-16-23(30)27-19-7-4-17(5-8-19)24(31)29-11-2-3-20(29)18-6-9-21-22(15-18)33-14-13-32-21/h4-10,12,15,20H,2-3,11,13-14,16H2,1H3,(H,27,30)/t20-/m0/s1. The van der Waals surface area contributed by atoms with Crippen LogP contribution in [-0.4, -0.2) is 51.8 Å². The molecule has 8 nitrogen and oxygen atoms in total. The minimum atomic E-state index is -0.120. The highest BCUT2D eigenvalue weighted by Crippen LogP contribution is 2.38. The molecule has 2 aromatic carbocycles. The van der Waals surface area contributed by atoms with E-state index in [-0.39, 0.29) is 23.6 Å². The second-order valence-electron chi connectivity index (χ2n) is 8.29. The van der Waals surface area contributed by atoms with Gasteiger partial charge in [-0.3, -0.25) is 9.59 Å². The van der Waals surface area contributed by atoms with Gasteiger partial charge in [-0.1, -0.05) is 17.8 Å². The number of amides is 2. The number of fused-ring (bicyclic) bond motifs is 1. The number of benzene rings is 2. The van der Waals surface area contributed by atoms with Crippen molar-refractivity contribution in [3.8, 4) is 11.5 Å². The quantitative estimate of drug-likeness (QED) is 0.541. The lowest BCUT2D eigenvalue weighted by atomic mass is 10.0. The normalized spacial score (nSPS) is 17.0. The second kappa shape index (κ2) is 9.80. The number of likely N-dealkylation sites (tertiary alicyclic amines) is 1. The first-order valence-corrected chi connectivity index (χ1v) is 12.3. The molecule has 1 aromatic heterocycles. The SMILES string of the molecule is Cn1ccnc1SCC(=O)Nc1ccc(C(=O)N2CCC[C@H]2c2ccc3c(c2)OCCO3)cc1. The molecular weight excluding hydrogens is 452 g/mol. The molecular formula is C25H26N4O4S. The minimum Gasteiger partial charge on any atom is -0.486 e. The molecule has 0 bridgehead atoms. The Labute approximate surface area is 202 Å². The topological polar surface area (TPSA) is 85.7 Å². The molecule has 0 saturated carbocycles. The lowest BCUT2D eigenvalue weighted by molar-refractivity contribution is -0.113. The molecule has 2 aliphatic rings. The number of nitrogens with one attached hydrogen (secondary N) is 1. The van der Waals surface area contributed by atoms with Crippen molar-refractivity contribution < 1.29 is 19.1 Å². The van der Waals surface area contributed by atoms with Crippen molar-refractivity contribution in [1.82, 2.24) is 14.5 Å². The summed E-state index contributed by atoms with van der Waals surface area (Å²) in [5.74, 6) is 1.62. The molecule has 0 unspecified atom stereocenters. The van der Waals surface area contributed by atoms with E-state index in [0.717, 1.165) is 35.1 Å². The molecule has 176 valence electrons. The van der Waals surface area contributed by atoms with Gasteiger partial charge in [0.2, 0.25) is 5.91 Å². The van der Waals surface area contributed by atoms with E-state index in [0.29, 0.717) is 31.0 Å². The molecule has 0 spiro atoms. The number of hydrogen-bond acceptors (Lipinski definition) is 6. The smallest absolute Gasteiger partial charge is 0.254 e. The van der Waals surface area contributed by atoms with Gasteiger partial charge in [0, 0.05) is 37.2 Å². The third-order valence-corrected chi connectivity index (χ3v) is 7.05. The highest BCUT2D eigenvalue weighted by atomic mass is 32.2. The van der Waals surface area contributed by atoms with Crippen LogP contribution in [0.5, 0.6) is 11.5 Å². The van der Waals surface area contributed by atoms with Crippen LogP contribution in [0.2, 0.25) is 0 Å². The first kappa shape index (κ1) is 22.3. The van der Waals surface area contributed by atoms with E-state index in [2.05, 4.69) is 10.3 Å². The summed E-state index contributed by atoms with van der Waals surface area (Å²) in [6.07, 6.45) is 5.41. The highest BCUT2D eigenvalue weighted by Gasteiger charge is 2.31. The van der Waals surface area contributed by atoms with E-state index < -0.39 is 0 Å². The molecule has 0 aliphatic carbocycles. The molecule has 2 amide bonds. The summed E-state index contributed by atoms with van der Waals surface area (Å²) in [5.41, 5.74) is 2.32. The Morgan fingerprint density at radius 1 is 1.12 bits per heavy atom. The molecule has 3 heterocycles. The number of ether oxygens (including phenoxy) is 2. The number of thioether (sulfide) groups is 1. The Morgan fingerprint density at radius 3 is 2.68 bits per heavy atom. The predicted molar refractivity (Wildman–Crippen MR) is 129 cm³/mol. The van der Waals surface area contributed by atoms with Crippen molar-refractivity contribution in [2.24, 2.45) is 7.05 Å². The van der Waals surface area contributed by atoms with Gasteiger partial charge < -0.3 is 24.3 Å². The molecule has 0 radical (unpaired) electrons. The zero-order chi connectivity index (χ0) is 23.5. The second-order valence-corrected chi connectivity index (χ2v) is 9.24. The lowest BCUT2D eigenvalue weighted by Crippen LogP contribution is -2.30. The lowest BCUT2D eigenvalue weighted by Gasteiger charge is -2.27. The van der Waals surface area contributed by atoms with Crippen LogP contribution in [0, 0.1) is 0 Å². The fraction of sp³-hybridized carbons (Fsp3) is 0.320. The Kier molecular flexibility index (Phi) is 6.44. The van der Waals surface area contributed by atoms with Crippen molar-refractivity contribution in [3.05, 3.63) is 66.0 Å². The molecule has 5 rings (SSSR count). The summed E-state index contributed by atoms with van der Waals surface area (Å²) in [4.78, 5) is 31.7. The number of carbonyl (C=O) groups is 2. The summed E-state index contributed by atoms with van der Waals surface area (Å²) in [6, 6.07) is 13.0. The van der Waals surface area contributed by atoms with Crippen LogP contribution in [-0.2, 0) is 11.8 Å². The maximum atomic E-state index is 13.3. The molecule has 1 N–H and O–H groups in total. The third-order valence-electron chi connectivity index (χ3n) is 5.99.